The predicted octanol–water partition coefficient (Wildman–Crippen LogP) is 6.66. The van der Waals surface area contributed by atoms with E-state index in [9.17, 15) is 0 Å². The van der Waals surface area contributed by atoms with Gasteiger partial charge in [0.1, 0.15) is 0 Å². The summed E-state index contributed by atoms with van der Waals surface area (Å²) in [6.45, 7) is 11.6. The van der Waals surface area contributed by atoms with Crippen LogP contribution in [0.2, 0.25) is 0 Å². The number of nitrogens with one attached hydrogen (secondary N) is 1. The van der Waals surface area contributed by atoms with Crippen LogP contribution in [0.25, 0.3) is 0 Å². The van der Waals surface area contributed by atoms with Crippen molar-refractivity contribution < 1.29 is 9.47 Å². The Balaban J connectivity index is 1.32. The predicted molar refractivity (Wildman–Crippen MR) is 131 cm³/mol. The van der Waals surface area contributed by atoms with E-state index in [1.54, 1.807) is 0 Å². The van der Waals surface area contributed by atoms with Crippen molar-refractivity contribution >= 4 is 0 Å². The van der Waals surface area contributed by atoms with Crippen LogP contribution in [0.5, 0.6) is 0 Å². The molecule has 0 bridgehead atoms. The van der Waals surface area contributed by atoms with E-state index in [4.69, 9.17) is 9.47 Å². The number of methoxy groups -OCH3 is 2. The third-order valence-electron chi connectivity index (χ3n) is 12.5. The normalized spacial score (nSPS) is 51.4. The molecule has 184 valence electrons. The zero-order valence-corrected chi connectivity index (χ0v) is 21.9. The Morgan fingerprint density at radius 2 is 1.56 bits per heavy atom. The molecule has 32 heavy (non-hydrogen) atoms. The fraction of sp³-hybridized carbons (Fsp3) is 1.00. The summed E-state index contributed by atoms with van der Waals surface area (Å²) in [7, 11) is 3.71. The molecule has 10 unspecified atom stereocenters. The summed E-state index contributed by atoms with van der Waals surface area (Å²) in [4.78, 5) is 0. The highest BCUT2D eigenvalue weighted by Crippen LogP contribution is 2.69. The molecule has 5 rings (SSSR count). The molecule has 5 fully saturated rings. The number of rotatable bonds is 4. The van der Waals surface area contributed by atoms with Gasteiger partial charge in [-0.05, 0) is 117 Å². The van der Waals surface area contributed by atoms with Gasteiger partial charge >= 0.3 is 0 Å². The van der Waals surface area contributed by atoms with Crippen LogP contribution >= 0.6 is 0 Å². The second-order valence-electron chi connectivity index (χ2n) is 13.5. The lowest BCUT2D eigenvalue weighted by Gasteiger charge is -2.62. The molecule has 1 aliphatic heterocycles. The number of hydrogen-bond acceptors (Lipinski definition) is 3. The molecule has 0 aromatic carbocycles. The lowest BCUT2D eigenvalue weighted by molar-refractivity contribution is -0.261. The quantitative estimate of drug-likeness (QED) is 0.491. The van der Waals surface area contributed by atoms with E-state index in [0.29, 0.717) is 10.8 Å². The van der Waals surface area contributed by atoms with Gasteiger partial charge < -0.3 is 14.8 Å². The van der Waals surface area contributed by atoms with Crippen LogP contribution in [0.1, 0.15) is 98.3 Å². The van der Waals surface area contributed by atoms with Crippen molar-refractivity contribution in [2.75, 3.05) is 20.8 Å². The number of hydrogen-bond donors (Lipinski definition) is 1. The van der Waals surface area contributed by atoms with Crippen molar-refractivity contribution in [2.24, 2.45) is 52.3 Å². The Hall–Kier alpha value is -0.120. The number of piperidine rings is 1. The van der Waals surface area contributed by atoms with Crippen LogP contribution in [0.15, 0.2) is 0 Å². The Labute approximate surface area is 198 Å². The van der Waals surface area contributed by atoms with Gasteiger partial charge in [0.2, 0.25) is 0 Å². The van der Waals surface area contributed by atoms with E-state index in [-0.39, 0.29) is 5.79 Å². The SMILES string of the molecule is COC1(OC)CCC2(C)C(CCC3C2CCC2(C)C(C(C)C4CCC(C)CN4)CCC32)C1. The fourth-order valence-corrected chi connectivity index (χ4v) is 10.3. The second-order valence-corrected chi connectivity index (χ2v) is 13.5. The first-order valence-corrected chi connectivity index (χ1v) is 14.1. The molecule has 0 radical (unpaired) electrons. The molecule has 3 heteroatoms. The number of fused-ring (bicyclic) bond motifs is 5. The van der Waals surface area contributed by atoms with Crippen molar-refractivity contribution in [3.05, 3.63) is 0 Å². The minimum Gasteiger partial charge on any atom is -0.353 e. The molecule has 10 atom stereocenters. The first-order valence-electron chi connectivity index (χ1n) is 14.1. The molecule has 0 spiro atoms. The monoisotopic (exact) mass is 445 g/mol. The maximum absolute atomic E-state index is 5.92. The van der Waals surface area contributed by atoms with Gasteiger partial charge in [-0.1, -0.05) is 27.7 Å². The zero-order valence-electron chi connectivity index (χ0n) is 21.9. The molecule has 0 amide bonds. The van der Waals surface area contributed by atoms with Gasteiger partial charge in [0.15, 0.2) is 5.79 Å². The van der Waals surface area contributed by atoms with Gasteiger partial charge in [-0.3, -0.25) is 0 Å². The first-order chi connectivity index (χ1) is 15.3. The topological polar surface area (TPSA) is 30.5 Å². The van der Waals surface area contributed by atoms with Gasteiger partial charge in [0.05, 0.1) is 0 Å². The molecular weight excluding hydrogens is 394 g/mol. The van der Waals surface area contributed by atoms with E-state index < -0.39 is 0 Å². The van der Waals surface area contributed by atoms with E-state index in [1.165, 1.54) is 64.3 Å². The van der Waals surface area contributed by atoms with Crippen LogP contribution in [0.4, 0.5) is 0 Å². The highest BCUT2D eigenvalue weighted by atomic mass is 16.7. The molecule has 0 aromatic heterocycles. The molecule has 4 saturated carbocycles. The fourth-order valence-electron chi connectivity index (χ4n) is 10.3. The van der Waals surface area contributed by atoms with Crippen molar-refractivity contribution in [1.29, 1.82) is 0 Å². The van der Waals surface area contributed by atoms with Crippen LogP contribution < -0.4 is 5.32 Å². The molecule has 1 N–H and O–H groups in total. The maximum Gasteiger partial charge on any atom is 0.167 e. The minimum atomic E-state index is -0.321. The lowest BCUT2D eigenvalue weighted by atomic mass is 9.44. The summed E-state index contributed by atoms with van der Waals surface area (Å²) in [5, 5.41) is 3.95. The van der Waals surface area contributed by atoms with E-state index in [0.717, 1.165) is 60.3 Å². The second kappa shape index (κ2) is 8.52. The van der Waals surface area contributed by atoms with E-state index >= 15 is 0 Å². The van der Waals surface area contributed by atoms with E-state index in [2.05, 4.69) is 33.0 Å². The molecule has 1 heterocycles. The lowest BCUT2D eigenvalue weighted by Crippen LogP contribution is -2.57. The molecule has 3 nitrogen and oxygen atoms in total. The van der Waals surface area contributed by atoms with Crippen molar-refractivity contribution in [1.82, 2.24) is 5.32 Å². The summed E-state index contributed by atoms with van der Waals surface area (Å²) < 4.78 is 11.8. The molecule has 4 aliphatic carbocycles. The summed E-state index contributed by atoms with van der Waals surface area (Å²) in [5.74, 6) is 5.92. The van der Waals surface area contributed by atoms with Crippen LogP contribution in [-0.2, 0) is 9.47 Å². The van der Waals surface area contributed by atoms with Crippen LogP contribution in [0, 0.1) is 52.3 Å². The minimum absolute atomic E-state index is 0.321. The summed E-state index contributed by atoms with van der Waals surface area (Å²) in [5.41, 5.74) is 1.07. The maximum atomic E-state index is 5.92. The molecule has 1 saturated heterocycles. The van der Waals surface area contributed by atoms with Gasteiger partial charge in [0, 0.05) is 33.1 Å². The average Bonchev–Trinajstić information content (AvgIpc) is 3.16. The summed E-state index contributed by atoms with van der Waals surface area (Å²) in [6, 6.07) is 0.757. The highest BCUT2D eigenvalue weighted by Gasteiger charge is 2.62. The third-order valence-corrected chi connectivity index (χ3v) is 12.5. The van der Waals surface area contributed by atoms with Gasteiger partial charge in [-0.25, -0.2) is 0 Å². The van der Waals surface area contributed by atoms with Crippen LogP contribution in [0.3, 0.4) is 0 Å². The zero-order chi connectivity index (χ0) is 22.7. The molecule has 0 aromatic rings. The van der Waals surface area contributed by atoms with Crippen molar-refractivity contribution in [3.8, 4) is 0 Å². The molecule has 5 aliphatic rings. The van der Waals surface area contributed by atoms with Crippen LogP contribution in [-0.4, -0.2) is 32.6 Å². The number of ether oxygens (including phenoxy) is 2. The van der Waals surface area contributed by atoms with Gasteiger partial charge in [-0.15, -0.1) is 0 Å². The highest BCUT2D eigenvalue weighted by molar-refractivity contribution is 5.11. The Morgan fingerprint density at radius 3 is 2.25 bits per heavy atom. The van der Waals surface area contributed by atoms with E-state index in [1.807, 2.05) is 14.2 Å². The Kier molecular flexibility index (Phi) is 6.29. The average molecular weight is 446 g/mol. The Morgan fingerprint density at radius 1 is 0.812 bits per heavy atom. The molecular formula is C29H51NO2. The van der Waals surface area contributed by atoms with Gasteiger partial charge in [-0.2, -0.15) is 0 Å². The summed E-state index contributed by atoms with van der Waals surface area (Å²) in [6.07, 6.45) is 15.0. The smallest absolute Gasteiger partial charge is 0.167 e. The standard InChI is InChI=1S/C29H51NO2/c1-19-7-12-26(30-18-19)20(2)23-10-11-24-22-9-8-21-17-29(31-5,32-6)16-15-27(21,3)25(22)13-14-28(23,24)4/h19-26,30H,7-18H2,1-6H3. The third kappa shape index (κ3) is 3.54. The largest absolute Gasteiger partial charge is 0.353 e. The summed E-state index contributed by atoms with van der Waals surface area (Å²) >= 11 is 0. The Bertz CT molecular complexity index is 668. The van der Waals surface area contributed by atoms with Gasteiger partial charge in [0.25, 0.3) is 0 Å². The first kappa shape index (κ1) is 23.6. The van der Waals surface area contributed by atoms with Crippen molar-refractivity contribution in [3.63, 3.8) is 0 Å². The van der Waals surface area contributed by atoms with Crippen molar-refractivity contribution in [2.45, 2.75) is 110 Å².